The van der Waals surface area contributed by atoms with Crippen molar-refractivity contribution in [2.45, 2.75) is 49.4 Å². The Morgan fingerprint density at radius 2 is 2.25 bits per heavy atom. The molecule has 0 aliphatic carbocycles. The van der Waals surface area contributed by atoms with Crippen LogP contribution in [0.2, 0.25) is 0 Å². The van der Waals surface area contributed by atoms with Gasteiger partial charge in [0.25, 0.3) is 0 Å². The molecule has 1 saturated heterocycles. The van der Waals surface area contributed by atoms with E-state index in [0.717, 1.165) is 11.6 Å². The summed E-state index contributed by atoms with van der Waals surface area (Å²) >= 11 is 1.82. The maximum absolute atomic E-state index is 4.52. The minimum atomic E-state index is 0.527. The van der Waals surface area contributed by atoms with Crippen molar-refractivity contribution in [1.82, 2.24) is 10.3 Å². The van der Waals surface area contributed by atoms with Gasteiger partial charge in [-0.1, -0.05) is 26.3 Å². The van der Waals surface area contributed by atoms with E-state index in [0.29, 0.717) is 11.3 Å². The summed E-state index contributed by atoms with van der Waals surface area (Å²) in [6.07, 6.45) is 5.93. The van der Waals surface area contributed by atoms with E-state index in [9.17, 15) is 0 Å². The predicted molar refractivity (Wildman–Crippen MR) is 69.8 cm³/mol. The number of hydrogen-bond donors (Lipinski definition) is 1. The monoisotopic (exact) mass is 236 g/mol. The smallest absolute Gasteiger partial charge is 0.0962 e. The highest BCUT2D eigenvalue weighted by Crippen LogP contribution is 2.25. The Balaban J connectivity index is 2.00. The summed E-state index contributed by atoms with van der Waals surface area (Å²) in [4.78, 5) is 4.52. The molecular weight excluding hydrogens is 216 g/mol. The number of aromatic nitrogens is 1. The molecule has 0 saturated carbocycles. The first-order valence-corrected chi connectivity index (χ1v) is 6.99. The number of thioether (sulfide) groups is 1. The van der Waals surface area contributed by atoms with Crippen LogP contribution in [-0.4, -0.2) is 16.8 Å². The Kier molecular flexibility index (Phi) is 4.24. The lowest BCUT2D eigenvalue weighted by Crippen LogP contribution is -2.26. The van der Waals surface area contributed by atoms with Gasteiger partial charge < -0.3 is 5.32 Å². The molecule has 2 rings (SSSR count). The Hall–Kier alpha value is -0.540. The highest BCUT2D eigenvalue weighted by atomic mass is 32.2. The molecule has 0 bridgehead atoms. The predicted octanol–water partition coefficient (Wildman–Crippen LogP) is 3.40. The average Bonchev–Trinajstić information content (AvgIpc) is 2.30. The van der Waals surface area contributed by atoms with Gasteiger partial charge in [0.15, 0.2) is 0 Å². The number of hydrogen-bond acceptors (Lipinski definition) is 3. The molecule has 2 heterocycles. The van der Waals surface area contributed by atoms with Gasteiger partial charge in [-0.05, 0) is 31.0 Å². The zero-order valence-corrected chi connectivity index (χ0v) is 10.9. The van der Waals surface area contributed by atoms with E-state index >= 15 is 0 Å². The molecule has 0 radical (unpaired) electrons. The lowest BCUT2D eigenvalue weighted by Gasteiger charge is -2.23. The maximum Gasteiger partial charge on any atom is 0.0962 e. The summed E-state index contributed by atoms with van der Waals surface area (Å²) in [5, 5.41) is 5.29. The van der Waals surface area contributed by atoms with Crippen molar-refractivity contribution in [2.24, 2.45) is 0 Å². The van der Waals surface area contributed by atoms with Crippen molar-refractivity contribution in [3.05, 3.63) is 23.9 Å². The summed E-state index contributed by atoms with van der Waals surface area (Å²) < 4.78 is 0. The van der Waals surface area contributed by atoms with Gasteiger partial charge in [0.05, 0.1) is 5.03 Å². The number of nitrogens with zero attached hydrogens (tertiary/aromatic N) is 1. The molecule has 1 aliphatic heterocycles. The van der Waals surface area contributed by atoms with Crippen LogP contribution in [0.3, 0.4) is 0 Å². The van der Waals surface area contributed by atoms with Gasteiger partial charge in [-0.15, -0.1) is 11.8 Å². The molecule has 1 fully saturated rings. The number of nitrogens with one attached hydrogen (secondary N) is 1. The van der Waals surface area contributed by atoms with E-state index < -0.39 is 0 Å². The van der Waals surface area contributed by atoms with Crippen molar-refractivity contribution in [1.29, 1.82) is 0 Å². The van der Waals surface area contributed by atoms with Gasteiger partial charge >= 0.3 is 0 Å². The fourth-order valence-corrected chi connectivity index (χ4v) is 2.79. The largest absolute Gasteiger partial charge is 0.310 e. The average molecular weight is 236 g/mol. The third-order valence-corrected chi connectivity index (χ3v) is 3.78. The number of piperidine rings is 1. The molecular formula is C13H20N2S. The summed E-state index contributed by atoms with van der Waals surface area (Å²) in [6, 6.07) is 4.90. The van der Waals surface area contributed by atoms with Gasteiger partial charge in [-0.25, -0.2) is 4.98 Å². The summed E-state index contributed by atoms with van der Waals surface area (Å²) in [5.74, 6) is 0. The van der Waals surface area contributed by atoms with Crippen LogP contribution in [0.15, 0.2) is 23.4 Å². The normalized spacial score (nSPS) is 21.3. The zero-order valence-electron chi connectivity index (χ0n) is 10.1. The van der Waals surface area contributed by atoms with Crippen LogP contribution in [0.4, 0.5) is 0 Å². The molecule has 16 heavy (non-hydrogen) atoms. The molecule has 88 valence electrons. The van der Waals surface area contributed by atoms with Crippen LogP contribution in [-0.2, 0) is 0 Å². The van der Waals surface area contributed by atoms with E-state index in [-0.39, 0.29) is 0 Å². The minimum Gasteiger partial charge on any atom is -0.310 e. The quantitative estimate of drug-likeness (QED) is 0.814. The number of pyridine rings is 1. The standard InChI is InChI=1S/C13H20N2S/c1-10(2)16-13-7-6-11(9-15-13)12-5-3-4-8-14-12/h6-7,9-10,12,14H,3-5,8H2,1-2H3/t12-/m0/s1. The third kappa shape index (κ3) is 3.22. The zero-order chi connectivity index (χ0) is 11.4. The number of rotatable bonds is 3. The van der Waals surface area contributed by atoms with Gasteiger partial charge in [-0.3, -0.25) is 0 Å². The Bertz CT molecular complexity index is 315. The molecule has 0 aromatic carbocycles. The highest BCUT2D eigenvalue weighted by molar-refractivity contribution is 7.99. The van der Waals surface area contributed by atoms with Gasteiger partial charge in [0.1, 0.15) is 0 Å². The first-order valence-electron chi connectivity index (χ1n) is 6.11. The Morgan fingerprint density at radius 3 is 2.81 bits per heavy atom. The molecule has 1 N–H and O–H groups in total. The van der Waals surface area contributed by atoms with Crippen LogP contribution in [0.5, 0.6) is 0 Å². The van der Waals surface area contributed by atoms with Gasteiger partial charge in [-0.2, -0.15) is 0 Å². The minimum absolute atomic E-state index is 0.527. The molecule has 1 aromatic rings. The fraction of sp³-hybridized carbons (Fsp3) is 0.615. The summed E-state index contributed by atoms with van der Waals surface area (Å²) in [7, 11) is 0. The third-order valence-electron chi connectivity index (χ3n) is 2.83. The van der Waals surface area contributed by atoms with Crippen molar-refractivity contribution < 1.29 is 0 Å². The van der Waals surface area contributed by atoms with Crippen LogP contribution < -0.4 is 5.32 Å². The maximum atomic E-state index is 4.52. The second kappa shape index (κ2) is 5.69. The lowest BCUT2D eigenvalue weighted by molar-refractivity contribution is 0.411. The van der Waals surface area contributed by atoms with Crippen LogP contribution in [0.1, 0.15) is 44.7 Å². The molecule has 1 atom stereocenters. The highest BCUT2D eigenvalue weighted by Gasteiger charge is 2.14. The molecule has 0 unspecified atom stereocenters. The first-order chi connectivity index (χ1) is 7.75. The molecule has 1 aromatic heterocycles. The Labute approximate surface area is 102 Å². The van der Waals surface area contributed by atoms with Crippen LogP contribution in [0, 0.1) is 0 Å². The fourth-order valence-electron chi connectivity index (χ4n) is 2.05. The lowest BCUT2D eigenvalue weighted by atomic mass is 9.99. The second-order valence-corrected chi connectivity index (χ2v) is 6.20. The van der Waals surface area contributed by atoms with Crippen LogP contribution >= 0.6 is 11.8 Å². The molecule has 1 aliphatic rings. The van der Waals surface area contributed by atoms with Gasteiger partial charge in [0.2, 0.25) is 0 Å². The summed E-state index contributed by atoms with van der Waals surface area (Å²) in [6.45, 7) is 5.54. The molecule has 0 spiro atoms. The van der Waals surface area contributed by atoms with E-state index in [1.165, 1.54) is 24.8 Å². The van der Waals surface area contributed by atoms with Crippen molar-refractivity contribution in [2.75, 3.05) is 6.54 Å². The first kappa shape index (κ1) is 11.9. The Morgan fingerprint density at radius 1 is 1.38 bits per heavy atom. The topological polar surface area (TPSA) is 24.9 Å². The second-order valence-electron chi connectivity index (χ2n) is 4.60. The van der Waals surface area contributed by atoms with E-state index in [1.54, 1.807) is 0 Å². The SMILES string of the molecule is CC(C)Sc1ccc([C@@H]2CCCCN2)cn1. The summed E-state index contributed by atoms with van der Waals surface area (Å²) in [5.41, 5.74) is 1.34. The van der Waals surface area contributed by atoms with Crippen molar-refractivity contribution in [3.8, 4) is 0 Å². The molecule has 2 nitrogen and oxygen atoms in total. The molecule has 3 heteroatoms. The van der Waals surface area contributed by atoms with E-state index in [1.807, 2.05) is 18.0 Å². The van der Waals surface area contributed by atoms with Gasteiger partial charge in [0, 0.05) is 17.5 Å². The molecule has 0 amide bonds. The van der Waals surface area contributed by atoms with E-state index in [4.69, 9.17) is 0 Å². The van der Waals surface area contributed by atoms with E-state index in [2.05, 4.69) is 36.3 Å². The van der Waals surface area contributed by atoms with Crippen molar-refractivity contribution in [3.63, 3.8) is 0 Å². The van der Waals surface area contributed by atoms with Crippen molar-refractivity contribution >= 4 is 11.8 Å². The van der Waals surface area contributed by atoms with Crippen LogP contribution in [0.25, 0.3) is 0 Å².